The van der Waals surface area contributed by atoms with E-state index in [4.69, 9.17) is 9.72 Å². The summed E-state index contributed by atoms with van der Waals surface area (Å²) in [7, 11) is 0. The van der Waals surface area contributed by atoms with Crippen molar-refractivity contribution in [1.82, 2.24) is 4.98 Å². The molecule has 0 aliphatic carbocycles. The summed E-state index contributed by atoms with van der Waals surface area (Å²) in [4.78, 5) is 19.2. The van der Waals surface area contributed by atoms with Crippen molar-refractivity contribution in [2.75, 3.05) is 11.5 Å². The highest BCUT2D eigenvalue weighted by Crippen LogP contribution is 2.35. The summed E-state index contributed by atoms with van der Waals surface area (Å²) in [6.07, 6.45) is 0. The van der Waals surface area contributed by atoms with Crippen LogP contribution in [0.5, 0.6) is 0 Å². The van der Waals surface area contributed by atoms with Gasteiger partial charge in [-0.1, -0.05) is 29.5 Å². The summed E-state index contributed by atoms with van der Waals surface area (Å²) in [5, 5.41) is 1.00. The van der Waals surface area contributed by atoms with Gasteiger partial charge in [-0.05, 0) is 48.7 Å². The smallest absolute Gasteiger partial charge is 0.338 e. The fourth-order valence-electron chi connectivity index (χ4n) is 3.12. The van der Waals surface area contributed by atoms with Crippen LogP contribution in [0.4, 0.5) is 5.13 Å². The number of ether oxygens (including phenoxy) is 1. The van der Waals surface area contributed by atoms with Crippen LogP contribution in [0.15, 0.2) is 36.4 Å². The molecule has 2 heterocycles. The Balaban J connectivity index is 1.67. The van der Waals surface area contributed by atoms with E-state index in [1.54, 1.807) is 11.3 Å². The number of nitrogens with zero attached hydrogens (tertiary/aromatic N) is 2. The summed E-state index contributed by atoms with van der Waals surface area (Å²) in [5.41, 5.74) is 5.17. The van der Waals surface area contributed by atoms with Crippen LogP contribution in [-0.4, -0.2) is 17.6 Å². The largest absolute Gasteiger partial charge is 0.462 e. The Morgan fingerprint density at radius 1 is 1.29 bits per heavy atom. The molecule has 4 rings (SSSR count). The van der Waals surface area contributed by atoms with Gasteiger partial charge in [-0.2, -0.15) is 0 Å². The number of aryl methyl sites for hydroxylation is 1. The molecule has 3 aromatic rings. The summed E-state index contributed by atoms with van der Waals surface area (Å²) >= 11 is 1.70. The monoisotopic (exact) mass is 338 g/mol. The highest BCUT2D eigenvalue weighted by molar-refractivity contribution is 7.22. The summed E-state index contributed by atoms with van der Waals surface area (Å²) in [6, 6.07) is 12.2. The van der Waals surface area contributed by atoms with Gasteiger partial charge in [-0.3, -0.25) is 0 Å². The Hall–Kier alpha value is -2.40. The Labute approximate surface area is 144 Å². The molecule has 0 N–H and O–H groups in total. The molecule has 0 amide bonds. The molecular formula is C19H18N2O2S. The van der Waals surface area contributed by atoms with Crippen molar-refractivity contribution in [3.63, 3.8) is 0 Å². The van der Waals surface area contributed by atoms with Crippen molar-refractivity contribution in [2.45, 2.75) is 26.9 Å². The van der Waals surface area contributed by atoms with E-state index in [0.29, 0.717) is 18.7 Å². The molecule has 4 nitrogen and oxygen atoms in total. The van der Waals surface area contributed by atoms with E-state index in [1.807, 2.05) is 19.1 Å². The Kier molecular flexibility index (Phi) is 3.73. The van der Waals surface area contributed by atoms with Crippen LogP contribution in [0, 0.1) is 6.92 Å². The zero-order valence-corrected chi connectivity index (χ0v) is 14.5. The molecule has 0 unspecified atom stereocenters. The second-order valence-electron chi connectivity index (χ2n) is 5.99. The van der Waals surface area contributed by atoms with Crippen LogP contribution in [-0.2, 0) is 17.8 Å². The number of thiazole rings is 1. The van der Waals surface area contributed by atoms with Crippen molar-refractivity contribution in [1.29, 1.82) is 0 Å². The van der Waals surface area contributed by atoms with E-state index in [0.717, 1.165) is 22.8 Å². The van der Waals surface area contributed by atoms with Crippen molar-refractivity contribution in [2.24, 2.45) is 0 Å². The Morgan fingerprint density at radius 3 is 3.00 bits per heavy atom. The van der Waals surface area contributed by atoms with Gasteiger partial charge in [0, 0.05) is 13.1 Å². The maximum atomic E-state index is 12.2. The minimum atomic E-state index is -0.240. The van der Waals surface area contributed by atoms with Crippen LogP contribution in [0.25, 0.3) is 10.2 Å². The van der Waals surface area contributed by atoms with E-state index in [2.05, 4.69) is 36.1 Å². The van der Waals surface area contributed by atoms with E-state index < -0.39 is 0 Å². The maximum absolute atomic E-state index is 12.2. The number of carbonyl (C=O) groups is 1. The Morgan fingerprint density at radius 2 is 2.17 bits per heavy atom. The molecule has 0 saturated carbocycles. The van der Waals surface area contributed by atoms with E-state index in [9.17, 15) is 4.79 Å². The number of fused-ring (bicyclic) bond motifs is 2. The summed E-state index contributed by atoms with van der Waals surface area (Å²) < 4.78 is 6.38. The predicted octanol–water partition coefficient (Wildman–Crippen LogP) is 4.30. The molecule has 0 radical (unpaired) electrons. The Bertz CT molecular complexity index is 932. The van der Waals surface area contributed by atoms with Crippen molar-refractivity contribution < 1.29 is 9.53 Å². The zero-order valence-electron chi connectivity index (χ0n) is 13.7. The third-order valence-corrected chi connectivity index (χ3v) is 5.38. The second kappa shape index (κ2) is 5.91. The molecule has 0 spiro atoms. The van der Waals surface area contributed by atoms with Crippen LogP contribution in [0.2, 0.25) is 0 Å². The lowest BCUT2D eigenvalue weighted by Gasteiger charge is -2.13. The lowest BCUT2D eigenvalue weighted by Crippen LogP contribution is -2.15. The fraction of sp³-hybridized carbons (Fsp3) is 0.263. The molecule has 1 aliphatic heterocycles. The second-order valence-corrected chi connectivity index (χ2v) is 7.00. The number of carbonyl (C=O) groups excluding carboxylic acids is 1. The summed E-state index contributed by atoms with van der Waals surface area (Å²) in [6.45, 7) is 5.78. The van der Waals surface area contributed by atoms with Gasteiger partial charge in [-0.25, -0.2) is 9.78 Å². The molecular weight excluding hydrogens is 320 g/mol. The molecule has 0 atom stereocenters. The fourth-order valence-corrected chi connectivity index (χ4v) is 4.06. The molecule has 122 valence electrons. The van der Waals surface area contributed by atoms with Gasteiger partial charge >= 0.3 is 5.97 Å². The van der Waals surface area contributed by atoms with E-state index in [1.165, 1.54) is 15.8 Å². The molecule has 0 bridgehead atoms. The van der Waals surface area contributed by atoms with Crippen molar-refractivity contribution >= 4 is 32.7 Å². The van der Waals surface area contributed by atoms with Gasteiger partial charge in [0.05, 0.1) is 22.4 Å². The lowest BCUT2D eigenvalue weighted by molar-refractivity contribution is 0.0525. The lowest BCUT2D eigenvalue weighted by atomic mass is 10.0. The minimum absolute atomic E-state index is 0.240. The highest BCUT2D eigenvalue weighted by Gasteiger charge is 2.26. The molecule has 1 aromatic heterocycles. The van der Waals surface area contributed by atoms with Gasteiger partial charge in [-0.15, -0.1) is 0 Å². The van der Waals surface area contributed by atoms with Crippen LogP contribution < -0.4 is 4.90 Å². The first-order valence-corrected chi connectivity index (χ1v) is 8.87. The molecule has 1 aliphatic rings. The van der Waals surface area contributed by atoms with Gasteiger partial charge in [0.25, 0.3) is 0 Å². The van der Waals surface area contributed by atoms with Gasteiger partial charge < -0.3 is 9.64 Å². The number of hydrogen-bond donors (Lipinski definition) is 0. The first-order valence-electron chi connectivity index (χ1n) is 8.05. The van der Waals surface area contributed by atoms with Crippen LogP contribution >= 0.6 is 11.3 Å². The normalized spacial score (nSPS) is 13.3. The number of rotatable bonds is 3. The SMILES string of the molecule is CCOC(=O)c1cccc2c1CN(c1nc3cc(C)ccc3s1)C2. The van der Waals surface area contributed by atoms with E-state index >= 15 is 0 Å². The van der Waals surface area contributed by atoms with E-state index in [-0.39, 0.29) is 5.97 Å². The predicted molar refractivity (Wildman–Crippen MR) is 96.6 cm³/mol. The topological polar surface area (TPSA) is 42.4 Å². The minimum Gasteiger partial charge on any atom is -0.462 e. The number of hydrogen-bond acceptors (Lipinski definition) is 5. The van der Waals surface area contributed by atoms with Crippen molar-refractivity contribution in [3.8, 4) is 0 Å². The van der Waals surface area contributed by atoms with Crippen LogP contribution in [0.1, 0.15) is 34.0 Å². The number of esters is 1. The molecule has 24 heavy (non-hydrogen) atoms. The zero-order chi connectivity index (χ0) is 16.7. The summed E-state index contributed by atoms with van der Waals surface area (Å²) in [5.74, 6) is -0.240. The average Bonchev–Trinajstić information content (AvgIpc) is 3.17. The number of benzene rings is 2. The average molecular weight is 338 g/mol. The van der Waals surface area contributed by atoms with Gasteiger partial charge in [0.15, 0.2) is 5.13 Å². The van der Waals surface area contributed by atoms with Gasteiger partial charge in [0.2, 0.25) is 0 Å². The number of aromatic nitrogens is 1. The highest BCUT2D eigenvalue weighted by atomic mass is 32.1. The first kappa shape index (κ1) is 15.1. The number of anilines is 1. The maximum Gasteiger partial charge on any atom is 0.338 e. The molecule has 5 heteroatoms. The molecule has 0 fully saturated rings. The van der Waals surface area contributed by atoms with Gasteiger partial charge in [0.1, 0.15) is 0 Å². The molecule has 0 saturated heterocycles. The third kappa shape index (κ3) is 2.55. The molecule has 2 aromatic carbocycles. The first-order chi connectivity index (χ1) is 11.7. The van der Waals surface area contributed by atoms with Crippen molar-refractivity contribution in [3.05, 3.63) is 58.7 Å². The van der Waals surface area contributed by atoms with Crippen LogP contribution in [0.3, 0.4) is 0 Å². The third-order valence-electron chi connectivity index (χ3n) is 4.28. The quantitative estimate of drug-likeness (QED) is 0.668. The standard InChI is InChI=1S/C19H18N2O2S/c1-3-23-18(22)14-6-4-5-13-10-21(11-15(13)14)19-20-16-9-12(2)7-8-17(16)24-19/h4-9H,3,10-11H2,1-2H3.